The first-order valence-electron chi connectivity index (χ1n) is 5.78. The molecule has 5 nitrogen and oxygen atoms in total. The number of nitrogens with zero attached hydrogens (tertiary/aromatic N) is 2. The van der Waals surface area contributed by atoms with Gasteiger partial charge in [0.2, 0.25) is 5.91 Å². The Morgan fingerprint density at radius 3 is 2.58 bits per heavy atom. The third kappa shape index (κ3) is 4.18. The van der Waals surface area contributed by atoms with Gasteiger partial charge in [-0.2, -0.15) is 10.5 Å². The lowest BCUT2D eigenvalue weighted by molar-refractivity contribution is -0.115. The summed E-state index contributed by atoms with van der Waals surface area (Å²) in [5.74, 6) is -0.0451. The van der Waals surface area contributed by atoms with E-state index in [0.717, 1.165) is 16.9 Å². The molecule has 0 fully saturated rings. The monoisotopic (exact) mass is 254 g/mol. The summed E-state index contributed by atoms with van der Waals surface area (Å²) in [6, 6.07) is 8.90. The number of hydrogen-bond donors (Lipinski definition) is 2. The molecule has 5 heteroatoms. The van der Waals surface area contributed by atoms with E-state index >= 15 is 0 Å². The summed E-state index contributed by atoms with van der Waals surface area (Å²) in [4.78, 5) is 11.3. The molecule has 19 heavy (non-hydrogen) atoms. The van der Waals surface area contributed by atoms with E-state index in [1.54, 1.807) is 31.2 Å². The summed E-state index contributed by atoms with van der Waals surface area (Å²) in [6.45, 7) is 3.66. The van der Waals surface area contributed by atoms with Crippen molar-refractivity contribution < 1.29 is 4.79 Å². The van der Waals surface area contributed by atoms with Crippen LogP contribution in [0.15, 0.2) is 30.0 Å². The average Bonchev–Trinajstić information content (AvgIpc) is 2.41. The maximum Gasteiger partial charge on any atom is 0.224 e. The zero-order chi connectivity index (χ0) is 14.3. The molecule has 0 unspecified atom stereocenters. The third-order valence-electron chi connectivity index (χ3n) is 2.44. The molecule has 0 bridgehead atoms. The smallest absolute Gasteiger partial charge is 0.224 e. The van der Waals surface area contributed by atoms with Crippen molar-refractivity contribution in [1.29, 1.82) is 10.5 Å². The first-order chi connectivity index (χ1) is 9.10. The lowest BCUT2D eigenvalue weighted by atomic mass is 10.1. The lowest BCUT2D eigenvalue weighted by Gasteiger charge is -2.09. The Labute approximate surface area is 112 Å². The maximum absolute atomic E-state index is 11.3. The van der Waals surface area contributed by atoms with Gasteiger partial charge in [-0.25, -0.2) is 0 Å². The molecule has 96 valence electrons. The lowest BCUT2D eigenvalue weighted by Crippen LogP contribution is -2.09. The molecule has 0 heterocycles. The van der Waals surface area contributed by atoms with Crippen LogP contribution in [-0.4, -0.2) is 5.91 Å². The minimum atomic E-state index is -0.0451. The number of anilines is 2. The predicted octanol–water partition coefficient (Wildman–Crippen LogP) is 2.69. The molecule has 0 saturated carbocycles. The maximum atomic E-state index is 11.3. The fraction of sp³-hybridized carbons (Fsp3) is 0.214. The van der Waals surface area contributed by atoms with E-state index in [4.69, 9.17) is 10.5 Å². The van der Waals surface area contributed by atoms with Crippen molar-refractivity contribution in [2.75, 3.05) is 10.6 Å². The summed E-state index contributed by atoms with van der Waals surface area (Å²) in [6.07, 6.45) is 1.78. The summed E-state index contributed by atoms with van der Waals surface area (Å²) in [7, 11) is 0. The number of benzene rings is 1. The molecular weight excluding hydrogens is 240 g/mol. The summed E-state index contributed by atoms with van der Waals surface area (Å²) in [5, 5.41) is 22.9. The van der Waals surface area contributed by atoms with Gasteiger partial charge in [0.15, 0.2) is 0 Å². The van der Waals surface area contributed by atoms with Gasteiger partial charge in [-0.1, -0.05) is 6.92 Å². The third-order valence-corrected chi connectivity index (χ3v) is 2.44. The average molecular weight is 254 g/mol. The number of allylic oxidation sites excluding steroid dienone is 1. The standard InChI is InChI=1S/C14H14N4O/c1-3-14(19)18-12-4-5-13(10(2)6-12)17-9-11(7-15)8-16/h4-6,9,17H,3H2,1-2H3,(H,18,19). The first-order valence-corrected chi connectivity index (χ1v) is 5.78. The van der Waals surface area contributed by atoms with E-state index in [-0.39, 0.29) is 11.5 Å². The molecule has 0 aliphatic rings. The Morgan fingerprint density at radius 2 is 2.05 bits per heavy atom. The molecule has 0 aliphatic heterocycles. The first kappa shape index (κ1) is 14.3. The van der Waals surface area contributed by atoms with Gasteiger partial charge in [-0.3, -0.25) is 4.79 Å². The fourth-order valence-electron chi connectivity index (χ4n) is 1.39. The Morgan fingerprint density at radius 1 is 1.37 bits per heavy atom. The Hall–Kier alpha value is -2.79. The molecule has 2 N–H and O–H groups in total. The second-order valence-electron chi connectivity index (χ2n) is 3.86. The number of aryl methyl sites for hydroxylation is 1. The van der Waals surface area contributed by atoms with Crippen molar-refractivity contribution in [1.82, 2.24) is 0 Å². The molecule has 0 aliphatic carbocycles. The molecule has 1 aromatic carbocycles. The SMILES string of the molecule is CCC(=O)Nc1ccc(NC=C(C#N)C#N)c(C)c1. The molecule has 0 spiro atoms. The number of carbonyl (C=O) groups is 1. The van der Waals surface area contributed by atoms with Crippen molar-refractivity contribution in [2.45, 2.75) is 20.3 Å². The van der Waals surface area contributed by atoms with Crippen LogP contribution in [0.25, 0.3) is 0 Å². The normalized spacial score (nSPS) is 8.84. The van der Waals surface area contributed by atoms with Crippen LogP contribution in [-0.2, 0) is 4.79 Å². The van der Waals surface area contributed by atoms with Crippen molar-refractivity contribution in [3.05, 3.63) is 35.5 Å². The van der Waals surface area contributed by atoms with Crippen LogP contribution in [0.3, 0.4) is 0 Å². The molecule has 0 aromatic heterocycles. The van der Waals surface area contributed by atoms with Crippen LogP contribution in [0.1, 0.15) is 18.9 Å². The van der Waals surface area contributed by atoms with Crippen LogP contribution in [0.5, 0.6) is 0 Å². The summed E-state index contributed by atoms with van der Waals surface area (Å²) in [5.41, 5.74) is 2.40. The molecule has 0 saturated heterocycles. The minimum absolute atomic E-state index is 0.00256. The molecule has 1 aromatic rings. The van der Waals surface area contributed by atoms with Gasteiger partial charge < -0.3 is 10.6 Å². The molecule has 1 rings (SSSR count). The van der Waals surface area contributed by atoms with E-state index in [1.165, 1.54) is 6.20 Å². The van der Waals surface area contributed by atoms with Crippen LogP contribution < -0.4 is 10.6 Å². The number of nitriles is 2. The van der Waals surface area contributed by atoms with Crippen LogP contribution in [0, 0.1) is 29.6 Å². The van der Waals surface area contributed by atoms with Crippen molar-refractivity contribution >= 4 is 17.3 Å². The van der Waals surface area contributed by atoms with Crippen molar-refractivity contribution in [3.63, 3.8) is 0 Å². The Kier molecular flexibility index (Phi) is 5.13. The highest BCUT2D eigenvalue weighted by Crippen LogP contribution is 2.20. The number of rotatable bonds is 4. The quantitative estimate of drug-likeness (QED) is 0.808. The Balaban J connectivity index is 2.84. The zero-order valence-electron chi connectivity index (χ0n) is 10.8. The van der Waals surface area contributed by atoms with Gasteiger partial charge in [0, 0.05) is 24.0 Å². The topological polar surface area (TPSA) is 88.7 Å². The molecule has 1 amide bonds. The number of amides is 1. The highest BCUT2D eigenvalue weighted by molar-refractivity contribution is 5.90. The molecule has 0 radical (unpaired) electrons. The largest absolute Gasteiger partial charge is 0.360 e. The highest BCUT2D eigenvalue weighted by Gasteiger charge is 2.02. The summed E-state index contributed by atoms with van der Waals surface area (Å²) >= 11 is 0. The fourth-order valence-corrected chi connectivity index (χ4v) is 1.39. The minimum Gasteiger partial charge on any atom is -0.360 e. The van der Waals surface area contributed by atoms with E-state index in [2.05, 4.69) is 10.6 Å². The van der Waals surface area contributed by atoms with Crippen LogP contribution in [0.2, 0.25) is 0 Å². The van der Waals surface area contributed by atoms with E-state index in [1.807, 2.05) is 13.0 Å². The summed E-state index contributed by atoms with van der Waals surface area (Å²) < 4.78 is 0. The van der Waals surface area contributed by atoms with E-state index in [0.29, 0.717) is 6.42 Å². The highest BCUT2D eigenvalue weighted by atomic mass is 16.1. The van der Waals surface area contributed by atoms with Gasteiger partial charge >= 0.3 is 0 Å². The van der Waals surface area contributed by atoms with Gasteiger partial charge in [0.25, 0.3) is 0 Å². The number of carbonyl (C=O) groups excluding carboxylic acids is 1. The van der Waals surface area contributed by atoms with Gasteiger partial charge in [0.1, 0.15) is 17.7 Å². The van der Waals surface area contributed by atoms with Gasteiger partial charge in [-0.15, -0.1) is 0 Å². The predicted molar refractivity (Wildman–Crippen MR) is 73.0 cm³/mol. The van der Waals surface area contributed by atoms with Crippen LogP contribution >= 0.6 is 0 Å². The second-order valence-corrected chi connectivity index (χ2v) is 3.86. The number of hydrogen-bond acceptors (Lipinski definition) is 4. The second kappa shape index (κ2) is 6.83. The zero-order valence-corrected chi connectivity index (χ0v) is 10.8. The molecule has 0 atom stereocenters. The van der Waals surface area contributed by atoms with Crippen molar-refractivity contribution in [3.8, 4) is 12.1 Å². The molecular formula is C14H14N4O. The number of nitrogens with one attached hydrogen (secondary N) is 2. The van der Waals surface area contributed by atoms with E-state index in [9.17, 15) is 4.79 Å². The van der Waals surface area contributed by atoms with Gasteiger partial charge in [-0.05, 0) is 30.7 Å². The van der Waals surface area contributed by atoms with Crippen LogP contribution in [0.4, 0.5) is 11.4 Å². The van der Waals surface area contributed by atoms with E-state index < -0.39 is 0 Å². The Bertz CT molecular complexity index is 574. The van der Waals surface area contributed by atoms with Crippen molar-refractivity contribution in [2.24, 2.45) is 0 Å². The van der Waals surface area contributed by atoms with Gasteiger partial charge in [0.05, 0.1) is 0 Å².